The summed E-state index contributed by atoms with van der Waals surface area (Å²) in [6.07, 6.45) is 9.23. The van der Waals surface area contributed by atoms with E-state index in [1.54, 1.807) is 22.8 Å². The molecule has 1 aliphatic carbocycles. The van der Waals surface area contributed by atoms with E-state index < -0.39 is 0 Å². The molecule has 3 heteroatoms. The molecule has 0 radical (unpaired) electrons. The lowest BCUT2D eigenvalue weighted by atomic mass is 9.82. The zero-order valence-corrected chi connectivity index (χ0v) is 16.4. The molecule has 2 aromatic carbocycles. The van der Waals surface area contributed by atoms with E-state index in [-0.39, 0.29) is 0 Å². The summed E-state index contributed by atoms with van der Waals surface area (Å²) in [6, 6.07) is 14.6. The van der Waals surface area contributed by atoms with Gasteiger partial charge in [0.15, 0.2) is 0 Å². The largest absolute Gasteiger partial charge is 0.508 e. The number of fused-ring (bicyclic) bond motifs is 3. The number of nitrogens with one attached hydrogen (secondary N) is 1. The maximum atomic E-state index is 9.75. The van der Waals surface area contributed by atoms with Gasteiger partial charge < -0.3 is 10.1 Å². The Bertz CT molecular complexity index is 1030. The number of aromatic nitrogens is 1. The van der Waals surface area contributed by atoms with Crippen LogP contribution in [0.25, 0.3) is 16.5 Å². The maximum Gasteiger partial charge on any atom is 0.116 e. The fourth-order valence-electron chi connectivity index (χ4n) is 4.98. The Morgan fingerprint density at radius 3 is 2.89 bits per heavy atom. The number of nitrogens with zero attached hydrogens (tertiary/aromatic N) is 1. The zero-order chi connectivity index (χ0) is 18.9. The van der Waals surface area contributed by atoms with Crippen LogP contribution in [0.4, 0.5) is 0 Å². The van der Waals surface area contributed by atoms with E-state index >= 15 is 0 Å². The monoisotopic (exact) mass is 372 g/mol. The molecule has 0 unspecified atom stereocenters. The minimum absolute atomic E-state index is 0.347. The van der Waals surface area contributed by atoms with Gasteiger partial charge in [-0.1, -0.05) is 29.8 Å². The maximum absolute atomic E-state index is 9.75. The van der Waals surface area contributed by atoms with Crippen LogP contribution < -0.4 is 0 Å². The lowest BCUT2D eigenvalue weighted by Gasteiger charge is -2.34. The Morgan fingerprint density at radius 1 is 1.00 bits per heavy atom. The van der Waals surface area contributed by atoms with Crippen LogP contribution in [0.3, 0.4) is 0 Å². The van der Waals surface area contributed by atoms with E-state index in [1.807, 2.05) is 12.1 Å². The highest BCUT2D eigenvalue weighted by molar-refractivity contribution is 5.84. The number of benzene rings is 2. The Kier molecular flexibility index (Phi) is 4.69. The van der Waals surface area contributed by atoms with Gasteiger partial charge in [-0.3, -0.25) is 4.90 Å². The minimum atomic E-state index is 0.347. The first-order chi connectivity index (χ1) is 13.8. The summed E-state index contributed by atoms with van der Waals surface area (Å²) in [5.41, 5.74) is 8.80. The van der Waals surface area contributed by atoms with E-state index in [2.05, 4.69) is 40.3 Å². The molecule has 0 saturated heterocycles. The molecule has 0 fully saturated rings. The predicted octanol–water partition coefficient (Wildman–Crippen LogP) is 5.30. The third-order valence-corrected chi connectivity index (χ3v) is 6.48. The Labute approximate surface area is 166 Å². The summed E-state index contributed by atoms with van der Waals surface area (Å²) >= 11 is 0. The molecule has 2 aliphatic rings. The van der Waals surface area contributed by atoms with Crippen molar-refractivity contribution in [2.75, 3.05) is 19.6 Å². The molecule has 28 heavy (non-hydrogen) atoms. The Balaban J connectivity index is 1.17. The third-order valence-electron chi connectivity index (χ3n) is 6.48. The molecule has 5 rings (SSSR count). The van der Waals surface area contributed by atoms with Gasteiger partial charge in [-0.05, 0) is 85.5 Å². The van der Waals surface area contributed by atoms with Crippen LogP contribution in [0, 0.1) is 0 Å². The fourth-order valence-corrected chi connectivity index (χ4v) is 4.98. The Hall–Kier alpha value is -2.52. The van der Waals surface area contributed by atoms with E-state index in [9.17, 15) is 5.11 Å². The number of aromatic hydroxyl groups is 1. The molecule has 0 amide bonds. The van der Waals surface area contributed by atoms with Gasteiger partial charge in [-0.15, -0.1) is 0 Å². The average Bonchev–Trinajstić information content (AvgIpc) is 3.13. The number of unbranched alkanes of at least 4 members (excludes halogenated alkanes) is 1. The van der Waals surface area contributed by atoms with Crippen molar-refractivity contribution in [1.29, 1.82) is 0 Å². The first-order valence-electron chi connectivity index (χ1n) is 10.6. The molecule has 3 nitrogen and oxygen atoms in total. The molecule has 0 atom stereocenters. The smallest absolute Gasteiger partial charge is 0.116 e. The molecule has 0 spiro atoms. The minimum Gasteiger partial charge on any atom is -0.508 e. The first-order valence-corrected chi connectivity index (χ1v) is 10.6. The van der Waals surface area contributed by atoms with E-state index in [4.69, 9.17) is 0 Å². The van der Waals surface area contributed by atoms with Crippen LogP contribution in [-0.2, 0) is 12.8 Å². The van der Waals surface area contributed by atoms with Crippen molar-refractivity contribution < 1.29 is 5.11 Å². The van der Waals surface area contributed by atoms with E-state index in [0.29, 0.717) is 5.75 Å². The standard InChI is InChI=1S/C25H28N2O/c28-21-10-11-25-24(15-21)19(16-26-25)6-3-4-13-27-14-12-23-20(17-27)9-8-18-5-1-2-7-22(18)23/h1-2,5,7,10-11,15-16,26,28H,3-4,6,8-9,12-14,17H2. The molecule has 0 saturated carbocycles. The number of rotatable bonds is 5. The van der Waals surface area contributed by atoms with Crippen LogP contribution in [0.2, 0.25) is 0 Å². The van der Waals surface area contributed by atoms with Gasteiger partial charge in [0, 0.05) is 30.2 Å². The number of phenolic OH excluding ortho intramolecular Hbond substituents is 1. The predicted molar refractivity (Wildman–Crippen MR) is 116 cm³/mol. The van der Waals surface area contributed by atoms with Gasteiger partial charge in [0.1, 0.15) is 5.75 Å². The number of aryl methyl sites for hydroxylation is 2. The number of hydrogen-bond acceptors (Lipinski definition) is 2. The van der Waals surface area contributed by atoms with Gasteiger partial charge in [-0.25, -0.2) is 0 Å². The number of H-pyrrole nitrogens is 1. The fraction of sp³-hybridized carbons (Fsp3) is 0.360. The van der Waals surface area contributed by atoms with Crippen molar-refractivity contribution in [1.82, 2.24) is 9.88 Å². The van der Waals surface area contributed by atoms with Gasteiger partial charge in [0.25, 0.3) is 0 Å². The average molecular weight is 373 g/mol. The second-order valence-corrected chi connectivity index (χ2v) is 8.27. The lowest BCUT2D eigenvalue weighted by Crippen LogP contribution is -2.33. The van der Waals surface area contributed by atoms with Gasteiger partial charge >= 0.3 is 0 Å². The summed E-state index contributed by atoms with van der Waals surface area (Å²) in [7, 11) is 0. The molecule has 2 N–H and O–H groups in total. The van der Waals surface area contributed by atoms with Crippen molar-refractivity contribution in [2.24, 2.45) is 0 Å². The summed E-state index contributed by atoms with van der Waals surface area (Å²) in [5, 5.41) is 10.9. The van der Waals surface area contributed by atoms with E-state index in [0.717, 1.165) is 23.9 Å². The molecule has 0 bridgehead atoms. The van der Waals surface area contributed by atoms with Gasteiger partial charge in [0.05, 0.1) is 0 Å². The zero-order valence-electron chi connectivity index (χ0n) is 16.4. The van der Waals surface area contributed by atoms with Gasteiger partial charge in [0.2, 0.25) is 0 Å². The van der Waals surface area contributed by atoms with E-state index in [1.165, 1.54) is 56.3 Å². The summed E-state index contributed by atoms with van der Waals surface area (Å²) in [6.45, 7) is 3.53. The highest BCUT2D eigenvalue weighted by atomic mass is 16.3. The first kappa shape index (κ1) is 17.6. The molecular weight excluding hydrogens is 344 g/mol. The van der Waals surface area contributed by atoms with Crippen molar-refractivity contribution in [3.05, 3.63) is 70.9 Å². The quantitative estimate of drug-likeness (QED) is 0.596. The van der Waals surface area contributed by atoms with Crippen LogP contribution in [0.15, 0.2) is 54.2 Å². The highest BCUT2D eigenvalue weighted by Gasteiger charge is 2.24. The molecular formula is C25H28N2O. The molecule has 1 aliphatic heterocycles. The SMILES string of the molecule is Oc1ccc2[nH]cc(CCCCN3CCC4=C(CCc5ccccc54)C3)c2c1. The second-order valence-electron chi connectivity index (χ2n) is 8.27. The van der Waals surface area contributed by atoms with Crippen LogP contribution in [0.1, 0.15) is 42.4 Å². The molecule has 2 heterocycles. The number of aromatic amines is 1. The normalized spacial score (nSPS) is 17.0. The van der Waals surface area contributed by atoms with Gasteiger partial charge in [-0.2, -0.15) is 0 Å². The summed E-state index contributed by atoms with van der Waals surface area (Å²) in [4.78, 5) is 5.96. The van der Waals surface area contributed by atoms with Crippen LogP contribution in [0.5, 0.6) is 5.75 Å². The topological polar surface area (TPSA) is 39.3 Å². The lowest BCUT2D eigenvalue weighted by molar-refractivity contribution is 0.283. The molecule has 3 aromatic rings. The van der Waals surface area contributed by atoms with Crippen molar-refractivity contribution in [3.8, 4) is 5.75 Å². The van der Waals surface area contributed by atoms with Crippen molar-refractivity contribution >= 4 is 16.5 Å². The second kappa shape index (κ2) is 7.48. The van der Waals surface area contributed by atoms with Crippen molar-refractivity contribution in [2.45, 2.75) is 38.5 Å². The highest BCUT2D eigenvalue weighted by Crippen LogP contribution is 2.36. The third kappa shape index (κ3) is 3.35. The van der Waals surface area contributed by atoms with Crippen LogP contribution in [-0.4, -0.2) is 34.6 Å². The Morgan fingerprint density at radius 2 is 1.93 bits per heavy atom. The van der Waals surface area contributed by atoms with Crippen LogP contribution >= 0.6 is 0 Å². The molecule has 1 aromatic heterocycles. The summed E-state index contributed by atoms with van der Waals surface area (Å²) in [5.74, 6) is 0.347. The number of phenols is 1. The van der Waals surface area contributed by atoms with Crippen molar-refractivity contribution in [3.63, 3.8) is 0 Å². The number of hydrogen-bond donors (Lipinski definition) is 2. The summed E-state index contributed by atoms with van der Waals surface area (Å²) < 4.78 is 0. The molecule has 144 valence electrons.